The minimum absolute atomic E-state index is 0.0793. The Bertz CT molecular complexity index is 227. The molecule has 0 aliphatic carbocycles. The lowest BCUT2D eigenvalue weighted by Gasteiger charge is -2.25. The van der Waals surface area contributed by atoms with Gasteiger partial charge in [-0.15, -0.1) is 0 Å². The van der Waals surface area contributed by atoms with Crippen LogP contribution in [0.4, 0.5) is 4.79 Å². The van der Waals surface area contributed by atoms with Crippen molar-refractivity contribution in [1.82, 2.24) is 10.2 Å². The molecule has 1 heterocycles. The van der Waals surface area contributed by atoms with Crippen molar-refractivity contribution >= 4 is 12.0 Å². The van der Waals surface area contributed by atoms with Crippen LogP contribution in [0.1, 0.15) is 0 Å². The van der Waals surface area contributed by atoms with E-state index in [0.29, 0.717) is 13.1 Å². The fourth-order valence-corrected chi connectivity index (χ4v) is 1.02. The molecule has 5 nitrogen and oxygen atoms in total. The van der Waals surface area contributed by atoms with Gasteiger partial charge in [0.05, 0.1) is 0 Å². The predicted octanol–water partition coefficient (Wildman–Crippen LogP) is -0.259. The second-order valence-electron chi connectivity index (χ2n) is 2.64. The lowest BCUT2D eigenvalue weighted by molar-refractivity contribution is -0.123. The highest BCUT2D eigenvalue weighted by Crippen LogP contribution is 1.97. The normalized spacial score (nSPS) is 16.3. The van der Waals surface area contributed by atoms with Gasteiger partial charge in [0.2, 0.25) is 5.91 Å². The molecule has 0 spiro atoms. The molecule has 1 aliphatic rings. The highest BCUT2D eigenvalue weighted by atomic mass is 16.6. The number of piperazine rings is 1. The van der Waals surface area contributed by atoms with Gasteiger partial charge in [-0.3, -0.25) is 9.69 Å². The molecule has 1 aliphatic heterocycles. The highest BCUT2D eigenvalue weighted by Gasteiger charge is 2.21. The summed E-state index contributed by atoms with van der Waals surface area (Å²) in [4.78, 5) is 23.4. The van der Waals surface area contributed by atoms with E-state index >= 15 is 0 Å². The molecule has 72 valence electrons. The third-order valence-corrected chi connectivity index (χ3v) is 1.62. The predicted molar refractivity (Wildman–Crippen MR) is 46.1 cm³/mol. The van der Waals surface area contributed by atoms with Crippen LogP contribution in [-0.2, 0) is 9.53 Å². The summed E-state index contributed by atoms with van der Waals surface area (Å²) in [5.74, 6) is -0.151. The standard InChI is InChI=1S/C8H12N2O3/c1-2-5-13-8(12)10-4-3-9-7(11)6-10/h2H,1,3-6H2,(H,9,11). The topological polar surface area (TPSA) is 58.6 Å². The average molecular weight is 184 g/mol. The van der Waals surface area contributed by atoms with Gasteiger partial charge in [-0.1, -0.05) is 12.7 Å². The number of hydrogen-bond donors (Lipinski definition) is 1. The third-order valence-electron chi connectivity index (χ3n) is 1.62. The van der Waals surface area contributed by atoms with Gasteiger partial charge in [0, 0.05) is 13.1 Å². The van der Waals surface area contributed by atoms with Crippen LogP contribution >= 0.6 is 0 Å². The van der Waals surface area contributed by atoms with Crippen LogP contribution < -0.4 is 5.32 Å². The molecule has 0 aromatic rings. The number of amides is 2. The Morgan fingerprint density at radius 3 is 3.15 bits per heavy atom. The summed E-state index contributed by atoms with van der Waals surface area (Å²) in [6.07, 6.45) is 1.02. The minimum atomic E-state index is -0.463. The summed E-state index contributed by atoms with van der Waals surface area (Å²) in [5.41, 5.74) is 0. The maximum absolute atomic E-state index is 11.2. The fourth-order valence-electron chi connectivity index (χ4n) is 1.02. The van der Waals surface area contributed by atoms with Gasteiger partial charge in [0.25, 0.3) is 0 Å². The van der Waals surface area contributed by atoms with Crippen LogP contribution in [0.15, 0.2) is 12.7 Å². The number of carbonyl (C=O) groups excluding carboxylic acids is 2. The summed E-state index contributed by atoms with van der Waals surface area (Å²) in [6.45, 7) is 4.66. The van der Waals surface area contributed by atoms with Crippen molar-refractivity contribution < 1.29 is 14.3 Å². The van der Waals surface area contributed by atoms with E-state index in [2.05, 4.69) is 11.9 Å². The minimum Gasteiger partial charge on any atom is -0.445 e. The number of ether oxygens (including phenoxy) is 1. The lowest BCUT2D eigenvalue weighted by atomic mass is 10.4. The average Bonchev–Trinajstić information content (AvgIpc) is 2.14. The quantitative estimate of drug-likeness (QED) is 0.601. The Balaban J connectivity index is 2.36. The molecule has 1 fully saturated rings. The van der Waals surface area contributed by atoms with Gasteiger partial charge in [0.15, 0.2) is 0 Å². The number of nitrogens with zero attached hydrogens (tertiary/aromatic N) is 1. The maximum atomic E-state index is 11.2. The van der Waals surface area contributed by atoms with E-state index in [1.165, 1.54) is 11.0 Å². The molecule has 1 rings (SSSR count). The van der Waals surface area contributed by atoms with Gasteiger partial charge >= 0.3 is 6.09 Å². The number of nitrogens with one attached hydrogen (secondary N) is 1. The van der Waals surface area contributed by atoms with Crippen LogP contribution in [-0.4, -0.2) is 43.1 Å². The van der Waals surface area contributed by atoms with Gasteiger partial charge < -0.3 is 10.1 Å². The van der Waals surface area contributed by atoms with Gasteiger partial charge in [-0.25, -0.2) is 4.79 Å². The van der Waals surface area contributed by atoms with Gasteiger partial charge in [-0.2, -0.15) is 0 Å². The molecule has 0 aromatic carbocycles. The first-order valence-corrected chi connectivity index (χ1v) is 4.03. The Morgan fingerprint density at radius 2 is 2.54 bits per heavy atom. The van der Waals surface area contributed by atoms with Crippen LogP contribution in [0.5, 0.6) is 0 Å². The van der Waals surface area contributed by atoms with E-state index in [-0.39, 0.29) is 19.1 Å². The van der Waals surface area contributed by atoms with Crippen LogP contribution in [0.2, 0.25) is 0 Å². The van der Waals surface area contributed by atoms with Crippen LogP contribution in [0.25, 0.3) is 0 Å². The first-order chi connectivity index (χ1) is 6.24. The lowest BCUT2D eigenvalue weighted by Crippen LogP contribution is -2.50. The first-order valence-electron chi connectivity index (χ1n) is 4.03. The summed E-state index contributed by atoms with van der Waals surface area (Å²) in [6, 6.07) is 0. The smallest absolute Gasteiger partial charge is 0.410 e. The maximum Gasteiger partial charge on any atom is 0.410 e. The Morgan fingerprint density at radius 1 is 1.77 bits per heavy atom. The second-order valence-corrected chi connectivity index (χ2v) is 2.64. The largest absolute Gasteiger partial charge is 0.445 e. The Hall–Kier alpha value is -1.52. The fraction of sp³-hybridized carbons (Fsp3) is 0.500. The molecular weight excluding hydrogens is 172 g/mol. The monoisotopic (exact) mass is 184 g/mol. The van der Waals surface area contributed by atoms with Crippen molar-refractivity contribution in [2.75, 3.05) is 26.2 Å². The molecule has 0 atom stereocenters. The second kappa shape index (κ2) is 4.49. The Kier molecular flexibility index (Phi) is 3.31. The van der Waals surface area contributed by atoms with Crippen molar-refractivity contribution in [2.45, 2.75) is 0 Å². The molecule has 2 amide bonds. The van der Waals surface area contributed by atoms with E-state index in [1.54, 1.807) is 0 Å². The molecule has 1 N–H and O–H groups in total. The molecule has 13 heavy (non-hydrogen) atoms. The zero-order valence-electron chi connectivity index (χ0n) is 7.28. The molecule has 0 radical (unpaired) electrons. The summed E-state index contributed by atoms with van der Waals surface area (Å²) in [7, 11) is 0. The van der Waals surface area contributed by atoms with E-state index in [0.717, 1.165) is 0 Å². The summed E-state index contributed by atoms with van der Waals surface area (Å²) in [5, 5.41) is 2.61. The molecule has 0 saturated carbocycles. The van der Waals surface area contributed by atoms with Crippen LogP contribution in [0.3, 0.4) is 0 Å². The molecule has 1 saturated heterocycles. The van der Waals surface area contributed by atoms with E-state index < -0.39 is 6.09 Å². The number of rotatable bonds is 2. The zero-order valence-corrected chi connectivity index (χ0v) is 7.28. The molecule has 0 aromatic heterocycles. The molecule has 0 bridgehead atoms. The SMILES string of the molecule is C=CCOC(=O)N1CCNC(=O)C1. The summed E-state index contributed by atoms with van der Waals surface area (Å²) < 4.78 is 4.77. The van der Waals surface area contributed by atoms with E-state index in [4.69, 9.17) is 4.74 Å². The van der Waals surface area contributed by atoms with Crippen molar-refractivity contribution in [2.24, 2.45) is 0 Å². The third kappa shape index (κ3) is 2.77. The highest BCUT2D eigenvalue weighted by molar-refractivity contribution is 5.83. The van der Waals surface area contributed by atoms with Crippen molar-refractivity contribution in [1.29, 1.82) is 0 Å². The van der Waals surface area contributed by atoms with Gasteiger partial charge in [0.1, 0.15) is 13.2 Å². The van der Waals surface area contributed by atoms with Crippen molar-refractivity contribution in [3.63, 3.8) is 0 Å². The molecule has 0 unspecified atom stereocenters. The number of carbonyl (C=O) groups is 2. The van der Waals surface area contributed by atoms with E-state index in [1.807, 2.05) is 0 Å². The van der Waals surface area contributed by atoms with Crippen molar-refractivity contribution in [3.05, 3.63) is 12.7 Å². The molecule has 5 heteroatoms. The zero-order chi connectivity index (χ0) is 9.68. The summed E-state index contributed by atoms with van der Waals surface area (Å²) >= 11 is 0. The Labute approximate surface area is 76.3 Å². The van der Waals surface area contributed by atoms with Gasteiger partial charge in [-0.05, 0) is 0 Å². The van der Waals surface area contributed by atoms with Crippen LogP contribution in [0, 0.1) is 0 Å². The number of hydrogen-bond acceptors (Lipinski definition) is 3. The van der Waals surface area contributed by atoms with Crippen molar-refractivity contribution in [3.8, 4) is 0 Å². The van der Waals surface area contributed by atoms with E-state index in [9.17, 15) is 9.59 Å². The first kappa shape index (κ1) is 9.57. The molecular formula is C8H12N2O3.